The molecule has 0 bridgehead atoms. The van der Waals surface area contributed by atoms with E-state index in [9.17, 15) is 4.39 Å². The Morgan fingerprint density at radius 2 is 1.91 bits per heavy atom. The maximum atomic E-state index is 13.8. The number of aromatic nitrogens is 2. The van der Waals surface area contributed by atoms with Crippen molar-refractivity contribution >= 4 is 11.3 Å². The molecule has 1 aromatic carbocycles. The second-order valence-electron chi connectivity index (χ2n) is 5.05. The standard InChI is InChI=1S/C16H16FN3OS/c1-10(12-6-3-4-7-13(12)17)18-11(2)15-19-20-16(21-15)14-8-5-9-22-14/h3-11,18H,1-2H3. The van der Waals surface area contributed by atoms with Crippen LogP contribution in [0.2, 0.25) is 0 Å². The van der Waals surface area contributed by atoms with Gasteiger partial charge in [0.25, 0.3) is 5.89 Å². The smallest absolute Gasteiger partial charge is 0.257 e. The van der Waals surface area contributed by atoms with Crippen molar-refractivity contribution in [2.75, 3.05) is 0 Å². The molecule has 0 saturated carbocycles. The third-order valence-corrected chi connectivity index (χ3v) is 4.27. The summed E-state index contributed by atoms with van der Waals surface area (Å²) < 4.78 is 19.5. The van der Waals surface area contributed by atoms with E-state index in [0.717, 1.165) is 4.88 Å². The fourth-order valence-electron chi connectivity index (χ4n) is 2.27. The highest BCUT2D eigenvalue weighted by Gasteiger charge is 2.19. The van der Waals surface area contributed by atoms with Gasteiger partial charge in [-0.3, -0.25) is 5.32 Å². The lowest BCUT2D eigenvalue weighted by atomic mass is 10.1. The number of nitrogens with one attached hydrogen (secondary N) is 1. The molecule has 2 atom stereocenters. The molecule has 0 aliphatic rings. The molecule has 0 radical (unpaired) electrons. The van der Waals surface area contributed by atoms with E-state index in [1.165, 1.54) is 6.07 Å². The summed E-state index contributed by atoms with van der Waals surface area (Å²) >= 11 is 1.55. The molecule has 4 nitrogen and oxygen atoms in total. The summed E-state index contributed by atoms with van der Waals surface area (Å²) in [5.41, 5.74) is 0.618. The van der Waals surface area contributed by atoms with Crippen LogP contribution in [0.5, 0.6) is 0 Å². The van der Waals surface area contributed by atoms with Crippen molar-refractivity contribution in [3.05, 3.63) is 59.0 Å². The SMILES string of the molecule is CC(NC(C)c1ccccc1F)c1nnc(-c2cccs2)o1. The van der Waals surface area contributed by atoms with Gasteiger partial charge < -0.3 is 4.42 Å². The highest BCUT2D eigenvalue weighted by Crippen LogP contribution is 2.26. The van der Waals surface area contributed by atoms with Crippen LogP contribution in [-0.4, -0.2) is 10.2 Å². The molecule has 6 heteroatoms. The number of hydrogen-bond acceptors (Lipinski definition) is 5. The topological polar surface area (TPSA) is 51.0 Å². The summed E-state index contributed by atoms with van der Waals surface area (Å²) in [6, 6.07) is 10.3. The van der Waals surface area contributed by atoms with Gasteiger partial charge in [0.15, 0.2) is 0 Å². The predicted molar refractivity (Wildman–Crippen MR) is 84.0 cm³/mol. The normalized spacial score (nSPS) is 14.0. The van der Waals surface area contributed by atoms with Gasteiger partial charge in [0.1, 0.15) is 5.82 Å². The third-order valence-electron chi connectivity index (χ3n) is 3.41. The van der Waals surface area contributed by atoms with Gasteiger partial charge in [-0.05, 0) is 31.4 Å². The Morgan fingerprint density at radius 1 is 1.09 bits per heavy atom. The summed E-state index contributed by atoms with van der Waals surface area (Å²) in [5.74, 6) is 0.781. The molecule has 0 spiro atoms. The monoisotopic (exact) mass is 317 g/mol. The Balaban J connectivity index is 1.72. The molecule has 1 N–H and O–H groups in total. The first-order valence-corrected chi connectivity index (χ1v) is 7.91. The van der Waals surface area contributed by atoms with E-state index in [0.29, 0.717) is 17.3 Å². The fourth-order valence-corrected chi connectivity index (χ4v) is 2.92. The number of hydrogen-bond donors (Lipinski definition) is 1. The summed E-state index contributed by atoms with van der Waals surface area (Å²) in [6.07, 6.45) is 0. The van der Waals surface area contributed by atoms with E-state index in [1.807, 2.05) is 37.4 Å². The molecule has 0 aliphatic carbocycles. The van der Waals surface area contributed by atoms with Crippen LogP contribution in [0.4, 0.5) is 4.39 Å². The second kappa shape index (κ2) is 6.37. The molecular weight excluding hydrogens is 301 g/mol. The van der Waals surface area contributed by atoms with E-state index in [-0.39, 0.29) is 17.9 Å². The van der Waals surface area contributed by atoms with Crippen molar-refractivity contribution in [3.63, 3.8) is 0 Å². The quantitative estimate of drug-likeness (QED) is 0.760. The minimum absolute atomic E-state index is 0.159. The number of rotatable bonds is 5. The van der Waals surface area contributed by atoms with Gasteiger partial charge in [-0.2, -0.15) is 0 Å². The highest BCUT2D eigenvalue weighted by atomic mass is 32.1. The van der Waals surface area contributed by atoms with Crippen LogP contribution in [0.3, 0.4) is 0 Å². The fraction of sp³-hybridized carbons (Fsp3) is 0.250. The van der Waals surface area contributed by atoms with Gasteiger partial charge in [0.05, 0.1) is 10.9 Å². The van der Waals surface area contributed by atoms with Crippen LogP contribution in [0.15, 0.2) is 46.2 Å². The van der Waals surface area contributed by atoms with Crippen LogP contribution in [0.25, 0.3) is 10.8 Å². The first-order valence-electron chi connectivity index (χ1n) is 7.03. The molecule has 0 amide bonds. The van der Waals surface area contributed by atoms with Crippen molar-refractivity contribution in [1.29, 1.82) is 0 Å². The van der Waals surface area contributed by atoms with E-state index in [1.54, 1.807) is 23.5 Å². The van der Waals surface area contributed by atoms with Crippen molar-refractivity contribution in [2.24, 2.45) is 0 Å². The largest absolute Gasteiger partial charge is 0.418 e. The minimum atomic E-state index is -0.223. The Bertz CT molecular complexity index is 741. The van der Waals surface area contributed by atoms with Crippen molar-refractivity contribution < 1.29 is 8.81 Å². The summed E-state index contributed by atoms with van der Waals surface area (Å²) in [4.78, 5) is 0.938. The molecule has 3 aromatic rings. The molecule has 2 heterocycles. The Kier molecular flexibility index (Phi) is 4.31. The number of halogens is 1. The molecular formula is C16H16FN3OS. The van der Waals surface area contributed by atoms with Crippen LogP contribution in [0, 0.1) is 5.82 Å². The van der Waals surface area contributed by atoms with E-state index >= 15 is 0 Å². The number of thiophene rings is 1. The molecule has 0 fully saturated rings. The van der Waals surface area contributed by atoms with Crippen molar-refractivity contribution in [3.8, 4) is 10.8 Å². The van der Waals surface area contributed by atoms with Gasteiger partial charge >= 0.3 is 0 Å². The van der Waals surface area contributed by atoms with Crippen LogP contribution >= 0.6 is 11.3 Å². The third kappa shape index (κ3) is 3.08. The minimum Gasteiger partial charge on any atom is -0.418 e. The lowest BCUT2D eigenvalue weighted by Gasteiger charge is -2.18. The predicted octanol–water partition coefficient (Wildman–Crippen LogP) is 4.35. The number of benzene rings is 1. The van der Waals surface area contributed by atoms with Gasteiger partial charge in [-0.1, -0.05) is 24.3 Å². The summed E-state index contributed by atoms with van der Waals surface area (Å²) in [6.45, 7) is 3.83. The molecule has 0 aliphatic heterocycles. The van der Waals surface area contributed by atoms with Crippen LogP contribution in [-0.2, 0) is 0 Å². The summed E-state index contributed by atoms with van der Waals surface area (Å²) in [5, 5.41) is 13.4. The highest BCUT2D eigenvalue weighted by molar-refractivity contribution is 7.13. The van der Waals surface area contributed by atoms with Crippen LogP contribution in [0.1, 0.15) is 37.4 Å². The zero-order valence-corrected chi connectivity index (χ0v) is 13.1. The Morgan fingerprint density at radius 3 is 2.64 bits per heavy atom. The first kappa shape index (κ1) is 14.9. The molecule has 114 valence electrons. The van der Waals surface area contributed by atoms with E-state index in [2.05, 4.69) is 15.5 Å². The van der Waals surface area contributed by atoms with Gasteiger partial charge in [0.2, 0.25) is 5.89 Å². The van der Waals surface area contributed by atoms with Gasteiger partial charge in [-0.15, -0.1) is 21.5 Å². The first-order chi connectivity index (χ1) is 10.6. The Labute approximate surface area is 132 Å². The molecule has 2 aromatic heterocycles. The maximum absolute atomic E-state index is 13.8. The average Bonchev–Trinajstić information content (AvgIpc) is 3.18. The van der Waals surface area contributed by atoms with Crippen LogP contribution < -0.4 is 5.32 Å². The molecule has 22 heavy (non-hydrogen) atoms. The maximum Gasteiger partial charge on any atom is 0.257 e. The van der Waals surface area contributed by atoms with Gasteiger partial charge in [-0.25, -0.2) is 4.39 Å². The summed E-state index contributed by atoms with van der Waals surface area (Å²) in [7, 11) is 0. The van der Waals surface area contributed by atoms with E-state index in [4.69, 9.17) is 4.42 Å². The zero-order valence-electron chi connectivity index (χ0n) is 12.3. The lowest BCUT2D eigenvalue weighted by Crippen LogP contribution is -2.23. The van der Waals surface area contributed by atoms with E-state index < -0.39 is 0 Å². The average molecular weight is 317 g/mol. The van der Waals surface area contributed by atoms with Crippen molar-refractivity contribution in [1.82, 2.24) is 15.5 Å². The van der Waals surface area contributed by atoms with Gasteiger partial charge in [0, 0.05) is 11.6 Å². The second-order valence-corrected chi connectivity index (χ2v) is 6.00. The molecule has 0 saturated heterocycles. The van der Waals surface area contributed by atoms with Crippen molar-refractivity contribution in [2.45, 2.75) is 25.9 Å². The zero-order chi connectivity index (χ0) is 15.5. The number of nitrogens with zero attached hydrogens (tertiary/aromatic N) is 2. The lowest BCUT2D eigenvalue weighted by molar-refractivity contribution is 0.390. The molecule has 3 rings (SSSR count). The molecule has 2 unspecified atom stereocenters. The Hall–Kier alpha value is -2.05.